The first-order chi connectivity index (χ1) is 11.4. The number of H-pyrrole nitrogens is 1. The fourth-order valence-corrected chi connectivity index (χ4v) is 3.69. The van der Waals surface area contributed by atoms with Crippen LogP contribution in [0.25, 0.3) is 22.0 Å². The summed E-state index contributed by atoms with van der Waals surface area (Å²) in [6.07, 6.45) is 7.38. The van der Waals surface area contributed by atoms with Crippen molar-refractivity contribution in [2.75, 3.05) is 19.6 Å². The maximum atomic E-state index is 3.43. The Bertz CT molecular complexity index is 767. The summed E-state index contributed by atoms with van der Waals surface area (Å²) in [4.78, 5) is 6.03. The van der Waals surface area contributed by atoms with E-state index in [2.05, 4.69) is 64.6 Å². The molecular formula is C21H24N2. The normalized spacial score (nSPS) is 15.5. The number of aromatic amines is 1. The molecule has 1 N–H and O–H groups in total. The molecule has 0 unspecified atom stereocenters. The molecule has 3 aromatic rings. The summed E-state index contributed by atoms with van der Waals surface area (Å²) < 4.78 is 0. The van der Waals surface area contributed by atoms with Gasteiger partial charge in [0.2, 0.25) is 0 Å². The van der Waals surface area contributed by atoms with E-state index in [1.165, 1.54) is 66.5 Å². The van der Waals surface area contributed by atoms with Crippen molar-refractivity contribution >= 4 is 10.9 Å². The molecular weight excluding hydrogens is 280 g/mol. The molecule has 1 aromatic heterocycles. The van der Waals surface area contributed by atoms with Crippen molar-refractivity contribution in [3.8, 4) is 11.1 Å². The second kappa shape index (κ2) is 6.59. The van der Waals surface area contributed by atoms with Gasteiger partial charge in [0, 0.05) is 17.1 Å². The maximum Gasteiger partial charge on any atom is 0.0457 e. The van der Waals surface area contributed by atoms with Crippen molar-refractivity contribution < 1.29 is 0 Å². The fraction of sp³-hybridized carbons (Fsp3) is 0.333. The van der Waals surface area contributed by atoms with E-state index in [0.29, 0.717) is 0 Å². The van der Waals surface area contributed by atoms with Crippen LogP contribution in [0.2, 0.25) is 0 Å². The number of nitrogens with one attached hydrogen (secondary N) is 1. The zero-order chi connectivity index (χ0) is 15.5. The highest BCUT2D eigenvalue weighted by Crippen LogP contribution is 2.27. The molecule has 1 fully saturated rings. The van der Waals surface area contributed by atoms with Crippen molar-refractivity contribution in [3.63, 3.8) is 0 Å². The minimum Gasteiger partial charge on any atom is -0.361 e. The summed E-state index contributed by atoms with van der Waals surface area (Å²) in [6.45, 7) is 3.84. The second-order valence-corrected chi connectivity index (χ2v) is 6.59. The van der Waals surface area contributed by atoms with Crippen LogP contribution in [0.3, 0.4) is 0 Å². The van der Waals surface area contributed by atoms with Crippen molar-refractivity contribution in [2.45, 2.75) is 25.7 Å². The predicted molar refractivity (Wildman–Crippen MR) is 97.7 cm³/mol. The van der Waals surface area contributed by atoms with Crippen LogP contribution in [-0.4, -0.2) is 29.5 Å². The smallest absolute Gasteiger partial charge is 0.0457 e. The first-order valence-corrected chi connectivity index (χ1v) is 8.78. The molecule has 0 saturated carbocycles. The lowest BCUT2D eigenvalue weighted by Crippen LogP contribution is -2.20. The fourth-order valence-electron chi connectivity index (χ4n) is 3.69. The molecule has 2 aromatic carbocycles. The molecule has 0 bridgehead atoms. The Hall–Kier alpha value is -2.06. The first kappa shape index (κ1) is 14.5. The number of hydrogen-bond donors (Lipinski definition) is 1. The molecule has 0 radical (unpaired) electrons. The molecule has 2 heterocycles. The third-order valence-electron chi connectivity index (χ3n) is 4.99. The van der Waals surface area contributed by atoms with E-state index in [4.69, 9.17) is 0 Å². The van der Waals surface area contributed by atoms with Crippen LogP contribution in [-0.2, 0) is 6.42 Å². The second-order valence-electron chi connectivity index (χ2n) is 6.59. The highest BCUT2D eigenvalue weighted by atomic mass is 15.1. The molecule has 23 heavy (non-hydrogen) atoms. The number of hydrogen-bond acceptors (Lipinski definition) is 1. The third kappa shape index (κ3) is 3.18. The molecule has 0 aliphatic carbocycles. The van der Waals surface area contributed by atoms with E-state index in [0.717, 1.165) is 6.42 Å². The number of nitrogens with zero attached hydrogens (tertiary/aromatic N) is 1. The van der Waals surface area contributed by atoms with Crippen LogP contribution in [0.1, 0.15) is 24.8 Å². The topological polar surface area (TPSA) is 19.0 Å². The van der Waals surface area contributed by atoms with E-state index in [-0.39, 0.29) is 0 Å². The van der Waals surface area contributed by atoms with Crippen molar-refractivity contribution in [1.29, 1.82) is 0 Å². The number of fused-ring (bicyclic) bond motifs is 1. The van der Waals surface area contributed by atoms with Crippen molar-refractivity contribution in [3.05, 3.63) is 60.3 Å². The van der Waals surface area contributed by atoms with Gasteiger partial charge in [0.05, 0.1) is 0 Å². The SMILES string of the molecule is c1ccc(-c2ccc3[nH]cc(CCCN4CCCC4)c3c2)cc1. The van der Waals surface area contributed by atoms with Crippen LogP contribution in [0, 0.1) is 0 Å². The minimum absolute atomic E-state index is 1.16. The van der Waals surface area contributed by atoms with Crippen molar-refractivity contribution in [2.24, 2.45) is 0 Å². The number of rotatable bonds is 5. The van der Waals surface area contributed by atoms with E-state index in [1.54, 1.807) is 0 Å². The molecule has 4 rings (SSSR count). The average molecular weight is 304 g/mol. The lowest BCUT2D eigenvalue weighted by atomic mass is 10.0. The van der Waals surface area contributed by atoms with Gasteiger partial charge in [-0.05, 0) is 74.1 Å². The van der Waals surface area contributed by atoms with Crippen LogP contribution >= 0.6 is 0 Å². The zero-order valence-corrected chi connectivity index (χ0v) is 13.6. The van der Waals surface area contributed by atoms with E-state index in [1.807, 2.05) is 0 Å². The Balaban J connectivity index is 1.53. The highest BCUT2D eigenvalue weighted by Gasteiger charge is 2.11. The molecule has 1 aliphatic heterocycles. The van der Waals surface area contributed by atoms with Gasteiger partial charge < -0.3 is 9.88 Å². The summed E-state index contributed by atoms with van der Waals surface area (Å²) in [5, 5.41) is 1.38. The number of benzene rings is 2. The van der Waals surface area contributed by atoms with Crippen LogP contribution in [0.5, 0.6) is 0 Å². The largest absolute Gasteiger partial charge is 0.361 e. The lowest BCUT2D eigenvalue weighted by Gasteiger charge is -2.13. The van der Waals surface area contributed by atoms with Crippen molar-refractivity contribution in [1.82, 2.24) is 9.88 Å². The van der Waals surface area contributed by atoms with Gasteiger partial charge in [-0.2, -0.15) is 0 Å². The average Bonchev–Trinajstić information content (AvgIpc) is 3.25. The third-order valence-corrected chi connectivity index (χ3v) is 4.99. The Morgan fingerprint density at radius 2 is 1.74 bits per heavy atom. The Morgan fingerprint density at radius 1 is 0.913 bits per heavy atom. The van der Waals surface area contributed by atoms with E-state index >= 15 is 0 Å². The Morgan fingerprint density at radius 3 is 2.57 bits per heavy atom. The highest BCUT2D eigenvalue weighted by molar-refractivity contribution is 5.88. The predicted octanol–water partition coefficient (Wildman–Crippen LogP) is 4.86. The number of likely N-dealkylation sites (tertiary alicyclic amines) is 1. The van der Waals surface area contributed by atoms with Gasteiger partial charge in [0.1, 0.15) is 0 Å². The molecule has 2 nitrogen and oxygen atoms in total. The Labute approximate surface area is 138 Å². The molecule has 0 atom stereocenters. The summed E-state index contributed by atoms with van der Waals surface area (Å²) in [6, 6.07) is 17.4. The lowest BCUT2D eigenvalue weighted by molar-refractivity contribution is 0.334. The maximum absolute atomic E-state index is 3.43. The van der Waals surface area contributed by atoms with Crippen LogP contribution < -0.4 is 0 Å². The van der Waals surface area contributed by atoms with Gasteiger partial charge in [-0.3, -0.25) is 0 Å². The van der Waals surface area contributed by atoms with Crippen LogP contribution in [0.15, 0.2) is 54.7 Å². The molecule has 1 saturated heterocycles. The zero-order valence-electron chi connectivity index (χ0n) is 13.6. The van der Waals surface area contributed by atoms with Gasteiger partial charge in [-0.15, -0.1) is 0 Å². The summed E-state index contributed by atoms with van der Waals surface area (Å²) in [7, 11) is 0. The Kier molecular flexibility index (Phi) is 4.16. The molecule has 0 amide bonds. The van der Waals surface area contributed by atoms with Gasteiger partial charge >= 0.3 is 0 Å². The van der Waals surface area contributed by atoms with Crippen LogP contribution in [0.4, 0.5) is 0 Å². The summed E-state index contributed by atoms with van der Waals surface area (Å²) in [5.74, 6) is 0. The van der Waals surface area contributed by atoms with Gasteiger partial charge in [-0.1, -0.05) is 36.4 Å². The standard InChI is InChI=1S/C21H24N2/c1-2-7-17(8-3-1)18-10-11-21-20(15-18)19(16-22-21)9-6-14-23-12-4-5-13-23/h1-3,7-8,10-11,15-16,22H,4-6,9,12-14H2. The molecule has 1 aliphatic rings. The van der Waals surface area contributed by atoms with E-state index in [9.17, 15) is 0 Å². The monoisotopic (exact) mass is 304 g/mol. The molecule has 2 heteroatoms. The van der Waals surface area contributed by atoms with Gasteiger partial charge in [-0.25, -0.2) is 0 Å². The number of aromatic nitrogens is 1. The van der Waals surface area contributed by atoms with Gasteiger partial charge in [0.15, 0.2) is 0 Å². The summed E-state index contributed by atoms with van der Waals surface area (Å²) >= 11 is 0. The minimum atomic E-state index is 1.16. The summed E-state index contributed by atoms with van der Waals surface area (Å²) in [5.41, 5.74) is 5.30. The quantitative estimate of drug-likeness (QED) is 0.713. The van der Waals surface area contributed by atoms with Gasteiger partial charge in [0.25, 0.3) is 0 Å². The number of aryl methyl sites for hydroxylation is 1. The molecule has 0 spiro atoms. The first-order valence-electron chi connectivity index (χ1n) is 8.78. The molecule has 118 valence electrons. The van der Waals surface area contributed by atoms with E-state index < -0.39 is 0 Å².